The van der Waals surface area contributed by atoms with Gasteiger partial charge in [-0.1, -0.05) is 18.2 Å². The summed E-state index contributed by atoms with van der Waals surface area (Å²) in [5, 5.41) is 13.3. The monoisotopic (exact) mass is 455 g/mol. The Labute approximate surface area is 187 Å². The summed E-state index contributed by atoms with van der Waals surface area (Å²) < 4.78 is 51.9. The number of benzene rings is 1. The number of nitrogens with one attached hydrogen (secondary N) is 1. The largest absolute Gasteiger partial charge is 0.472 e. The third-order valence-corrected chi connectivity index (χ3v) is 6.03. The molecular weight excluding hydrogens is 435 g/mol. The van der Waals surface area contributed by atoms with Crippen LogP contribution in [0.15, 0.2) is 30.6 Å². The second-order valence-electron chi connectivity index (χ2n) is 8.21. The number of fused-ring (bicyclic) bond motifs is 1. The molecule has 33 heavy (non-hydrogen) atoms. The normalized spacial score (nSPS) is 18.9. The molecule has 1 saturated heterocycles. The molecule has 1 aliphatic carbocycles. The SMILES string of the molecule is N#CC1(c2cc3c(NCc4cccc(C(F)F)c4F)ncnc3nc2OC2CCOC2)CC1. The molecule has 1 aromatic carbocycles. The second-order valence-corrected chi connectivity index (χ2v) is 8.21. The number of rotatable bonds is 7. The molecule has 3 heterocycles. The van der Waals surface area contributed by atoms with Gasteiger partial charge in [-0.15, -0.1) is 0 Å². The van der Waals surface area contributed by atoms with Crippen molar-refractivity contribution < 1.29 is 22.6 Å². The Morgan fingerprint density at radius 1 is 1.30 bits per heavy atom. The van der Waals surface area contributed by atoms with E-state index in [1.54, 1.807) is 6.07 Å². The summed E-state index contributed by atoms with van der Waals surface area (Å²) in [7, 11) is 0. The minimum absolute atomic E-state index is 0.0606. The number of alkyl halides is 2. The van der Waals surface area contributed by atoms with E-state index in [4.69, 9.17) is 9.47 Å². The fraction of sp³-hybridized carbons (Fsp3) is 0.391. The van der Waals surface area contributed by atoms with Crippen LogP contribution in [0.2, 0.25) is 0 Å². The second kappa shape index (κ2) is 8.48. The lowest BCUT2D eigenvalue weighted by Crippen LogP contribution is -2.19. The van der Waals surface area contributed by atoms with E-state index < -0.39 is 23.2 Å². The smallest absolute Gasteiger partial charge is 0.266 e. The fourth-order valence-electron chi connectivity index (χ4n) is 3.96. The van der Waals surface area contributed by atoms with E-state index in [1.807, 2.05) is 0 Å². The molecule has 1 aliphatic heterocycles. The van der Waals surface area contributed by atoms with Gasteiger partial charge < -0.3 is 14.8 Å². The number of ether oxygens (including phenoxy) is 2. The summed E-state index contributed by atoms with van der Waals surface area (Å²) >= 11 is 0. The Balaban J connectivity index is 1.50. The van der Waals surface area contributed by atoms with Crippen molar-refractivity contribution >= 4 is 16.9 Å². The maximum Gasteiger partial charge on any atom is 0.266 e. The molecule has 1 atom stereocenters. The van der Waals surface area contributed by atoms with Crippen molar-refractivity contribution in [2.24, 2.45) is 0 Å². The van der Waals surface area contributed by atoms with E-state index in [0.717, 1.165) is 12.5 Å². The van der Waals surface area contributed by atoms with Crippen molar-refractivity contribution in [2.75, 3.05) is 18.5 Å². The van der Waals surface area contributed by atoms with Gasteiger partial charge in [-0.05, 0) is 18.9 Å². The third-order valence-electron chi connectivity index (χ3n) is 6.03. The zero-order valence-electron chi connectivity index (χ0n) is 17.5. The van der Waals surface area contributed by atoms with Crippen LogP contribution in [0.4, 0.5) is 19.0 Å². The van der Waals surface area contributed by atoms with Crippen molar-refractivity contribution in [1.29, 1.82) is 5.26 Å². The molecule has 5 rings (SSSR count). The minimum Gasteiger partial charge on any atom is -0.472 e. The van der Waals surface area contributed by atoms with Gasteiger partial charge in [-0.25, -0.2) is 23.1 Å². The highest BCUT2D eigenvalue weighted by Crippen LogP contribution is 2.51. The number of aromatic nitrogens is 3. The lowest BCUT2D eigenvalue weighted by Gasteiger charge is -2.18. The van der Waals surface area contributed by atoms with Crippen molar-refractivity contribution in [1.82, 2.24) is 15.0 Å². The highest BCUT2D eigenvalue weighted by atomic mass is 19.3. The van der Waals surface area contributed by atoms with E-state index in [9.17, 15) is 18.4 Å². The van der Waals surface area contributed by atoms with E-state index in [0.29, 0.717) is 54.4 Å². The highest BCUT2D eigenvalue weighted by Gasteiger charge is 2.48. The topological polar surface area (TPSA) is 93.0 Å². The van der Waals surface area contributed by atoms with Crippen LogP contribution in [0, 0.1) is 17.1 Å². The van der Waals surface area contributed by atoms with Gasteiger partial charge in [0.1, 0.15) is 24.1 Å². The molecule has 2 aliphatic rings. The number of nitrogens with zero attached hydrogens (tertiary/aromatic N) is 4. The first-order valence-corrected chi connectivity index (χ1v) is 10.6. The van der Waals surface area contributed by atoms with Crippen molar-refractivity contribution in [3.8, 4) is 11.9 Å². The Kier molecular flexibility index (Phi) is 5.50. The standard InChI is InChI=1S/C23H20F3N5O2/c24-18-13(2-1-3-15(18)19(25)26)9-28-20-16-8-17(23(11-27)5-6-23)22(31-21(16)30-12-29-20)33-14-4-7-32-10-14/h1-3,8,12,14,19H,4-7,9-10H2,(H,28,29,30,31). The number of anilines is 1. The number of pyridine rings is 1. The molecule has 0 radical (unpaired) electrons. The number of hydrogen-bond donors (Lipinski definition) is 1. The average molecular weight is 455 g/mol. The number of hydrogen-bond acceptors (Lipinski definition) is 7. The van der Waals surface area contributed by atoms with Gasteiger partial charge >= 0.3 is 0 Å². The molecule has 3 aromatic rings. The predicted octanol–water partition coefficient (Wildman–Crippen LogP) is 4.44. The molecule has 2 fully saturated rings. The first-order valence-electron chi connectivity index (χ1n) is 10.6. The van der Waals surface area contributed by atoms with Gasteiger partial charge in [0.05, 0.1) is 35.6 Å². The van der Waals surface area contributed by atoms with E-state index in [1.165, 1.54) is 18.5 Å². The van der Waals surface area contributed by atoms with Crippen LogP contribution in [0.3, 0.4) is 0 Å². The van der Waals surface area contributed by atoms with Crippen molar-refractivity contribution in [3.63, 3.8) is 0 Å². The molecule has 0 spiro atoms. The van der Waals surface area contributed by atoms with Gasteiger partial charge in [0.15, 0.2) is 5.65 Å². The Bertz CT molecular complexity index is 1240. The highest BCUT2D eigenvalue weighted by molar-refractivity contribution is 5.88. The average Bonchev–Trinajstić information content (AvgIpc) is 3.45. The predicted molar refractivity (Wildman–Crippen MR) is 112 cm³/mol. The van der Waals surface area contributed by atoms with E-state index >= 15 is 0 Å². The van der Waals surface area contributed by atoms with E-state index in [2.05, 4.69) is 26.3 Å². The van der Waals surface area contributed by atoms with Crippen molar-refractivity contribution in [3.05, 3.63) is 53.1 Å². The van der Waals surface area contributed by atoms with Gasteiger partial charge in [-0.3, -0.25) is 0 Å². The molecule has 0 bridgehead atoms. The molecule has 1 saturated carbocycles. The maximum absolute atomic E-state index is 14.4. The van der Waals surface area contributed by atoms with Crippen LogP contribution in [0.25, 0.3) is 11.0 Å². The quantitative estimate of drug-likeness (QED) is 0.563. The Hall–Kier alpha value is -3.45. The Morgan fingerprint density at radius 2 is 2.15 bits per heavy atom. The zero-order valence-corrected chi connectivity index (χ0v) is 17.5. The van der Waals surface area contributed by atoms with Crippen LogP contribution in [-0.4, -0.2) is 34.3 Å². The number of halogens is 3. The summed E-state index contributed by atoms with van der Waals surface area (Å²) in [6, 6.07) is 8.04. The van der Waals surface area contributed by atoms with E-state index in [-0.39, 0.29) is 18.2 Å². The first kappa shape index (κ1) is 21.4. The van der Waals surface area contributed by atoms with Crippen molar-refractivity contribution in [2.45, 2.75) is 43.8 Å². The fourth-order valence-corrected chi connectivity index (χ4v) is 3.96. The van der Waals surface area contributed by atoms with Crippen LogP contribution in [-0.2, 0) is 16.7 Å². The lowest BCUT2D eigenvalue weighted by molar-refractivity contribution is 0.137. The summed E-state index contributed by atoms with van der Waals surface area (Å²) in [6.07, 6.45) is 0.377. The minimum atomic E-state index is -2.90. The summed E-state index contributed by atoms with van der Waals surface area (Å²) in [4.78, 5) is 13.0. The van der Waals surface area contributed by atoms with Crippen LogP contribution < -0.4 is 10.1 Å². The molecular formula is C23H20F3N5O2. The van der Waals surface area contributed by atoms with Crippen LogP contribution in [0.5, 0.6) is 5.88 Å². The van der Waals surface area contributed by atoms with Gasteiger partial charge in [0.2, 0.25) is 5.88 Å². The van der Waals surface area contributed by atoms with Gasteiger partial charge in [0.25, 0.3) is 6.43 Å². The summed E-state index contributed by atoms with van der Waals surface area (Å²) in [6.45, 7) is 1.00. The molecule has 170 valence electrons. The Morgan fingerprint density at radius 3 is 2.85 bits per heavy atom. The molecule has 2 aromatic heterocycles. The maximum atomic E-state index is 14.4. The molecule has 1 unspecified atom stereocenters. The zero-order chi connectivity index (χ0) is 23.0. The number of nitriles is 1. The third kappa shape index (κ3) is 4.04. The van der Waals surface area contributed by atoms with Gasteiger partial charge in [0, 0.05) is 24.1 Å². The lowest BCUT2D eigenvalue weighted by atomic mass is 9.97. The molecule has 1 N–H and O–H groups in total. The summed E-state index contributed by atoms with van der Waals surface area (Å²) in [5.41, 5.74) is -0.229. The summed E-state index contributed by atoms with van der Waals surface area (Å²) in [5.74, 6) is -0.231. The molecule has 7 nitrogen and oxygen atoms in total. The van der Waals surface area contributed by atoms with Crippen LogP contribution >= 0.6 is 0 Å². The molecule has 10 heteroatoms. The van der Waals surface area contributed by atoms with Gasteiger partial charge in [-0.2, -0.15) is 10.2 Å². The first-order chi connectivity index (χ1) is 16.0. The van der Waals surface area contributed by atoms with Crippen LogP contribution in [0.1, 0.15) is 42.4 Å². The molecule has 0 amide bonds.